The van der Waals surface area contributed by atoms with Gasteiger partial charge in [-0.2, -0.15) is 5.10 Å². The zero-order valence-corrected chi connectivity index (χ0v) is 24.2. The number of hydrogen-bond acceptors (Lipinski definition) is 6. The molecule has 3 heterocycles. The van der Waals surface area contributed by atoms with Gasteiger partial charge in [0.1, 0.15) is 12.1 Å². The standard InChI is InChI=1S/C31H37N5O6/c1-19-6-8-20(9-7-19)13-22-15-26(28(37)32-16-21-10-11-25-23(14-21)17-33-34(25)2)36(18-22)29(38)27-24(30(39)40)5-4-12-35(27)31(41)42-3/h6-11,14,17,22,24,26-27H,4-5,12-13,15-16,18H2,1-3H3,(H,32,37)(H,39,40)/t22-,24+,26+,27-/m1/s1. The summed E-state index contributed by atoms with van der Waals surface area (Å²) in [5, 5.41) is 18.2. The summed E-state index contributed by atoms with van der Waals surface area (Å²) in [6.07, 6.45) is 2.81. The summed E-state index contributed by atoms with van der Waals surface area (Å²) in [5.41, 5.74) is 4.11. The Bertz CT molecular complexity index is 1480. The fourth-order valence-electron chi connectivity index (χ4n) is 6.30. The van der Waals surface area contributed by atoms with Crippen LogP contribution in [0, 0.1) is 18.8 Å². The lowest BCUT2D eigenvalue weighted by Crippen LogP contribution is -2.60. The molecular formula is C31H37N5O6. The largest absolute Gasteiger partial charge is 0.481 e. The first-order chi connectivity index (χ1) is 20.2. The van der Waals surface area contributed by atoms with Crippen LogP contribution in [-0.2, 0) is 39.1 Å². The van der Waals surface area contributed by atoms with E-state index in [9.17, 15) is 24.3 Å². The number of carboxylic acids is 1. The summed E-state index contributed by atoms with van der Waals surface area (Å²) in [4.78, 5) is 55.3. The molecule has 5 rings (SSSR count). The van der Waals surface area contributed by atoms with Gasteiger partial charge in [0.15, 0.2) is 0 Å². The second-order valence-electron chi connectivity index (χ2n) is 11.4. The lowest BCUT2D eigenvalue weighted by Gasteiger charge is -2.40. The number of carbonyl (C=O) groups is 4. The Morgan fingerprint density at radius 2 is 1.81 bits per heavy atom. The monoisotopic (exact) mass is 575 g/mol. The molecule has 3 amide bonds. The van der Waals surface area contributed by atoms with Crippen molar-refractivity contribution in [2.24, 2.45) is 18.9 Å². The van der Waals surface area contributed by atoms with Crippen LogP contribution in [0.15, 0.2) is 48.7 Å². The van der Waals surface area contributed by atoms with Gasteiger partial charge in [-0.15, -0.1) is 0 Å². The van der Waals surface area contributed by atoms with Gasteiger partial charge in [0.2, 0.25) is 11.8 Å². The van der Waals surface area contributed by atoms with Gasteiger partial charge in [-0.05, 0) is 61.8 Å². The zero-order chi connectivity index (χ0) is 30.0. The normalized spacial score (nSPS) is 22.3. The second-order valence-corrected chi connectivity index (χ2v) is 11.4. The first-order valence-corrected chi connectivity index (χ1v) is 14.3. The Morgan fingerprint density at radius 1 is 1.07 bits per heavy atom. The van der Waals surface area contributed by atoms with Crippen LogP contribution in [0.1, 0.15) is 36.0 Å². The van der Waals surface area contributed by atoms with Crippen molar-refractivity contribution in [3.8, 4) is 0 Å². The average molecular weight is 576 g/mol. The van der Waals surface area contributed by atoms with Gasteiger partial charge in [0.25, 0.3) is 0 Å². The molecule has 0 radical (unpaired) electrons. The van der Waals surface area contributed by atoms with Crippen LogP contribution < -0.4 is 5.32 Å². The highest BCUT2D eigenvalue weighted by atomic mass is 16.5. The lowest BCUT2D eigenvalue weighted by atomic mass is 9.88. The zero-order valence-electron chi connectivity index (χ0n) is 24.2. The molecular weight excluding hydrogens is 538 g/mol. The third kappa shape index (κ3) is 5.95. The molecule has 2 N–H and O–H groups in total. The number of carboxylic acid groups (broad SMARTS) is 1. The number of methoxy groups -OCH3 is 1. The van der Waals surface area contributed by atoms with E-state index in [-0.39, 0.29) is 37.9 Å². The number of benzene rings is 2. The molecule has 2 aliphatic rings. The quantitative estimate of drug-likeness (QED) is 0.443. The summed E-state index contributed by atoms with van der Waals surface area (Å²) in [6.45, 7) is 2.77. The number of rotatable bonds is 7. The van der Waals surface area contributed by atoms with E-state index < -0.39 is 36.0 Å². The van der Waals surface area contributed by atoms with E-state index in [0.717, 1.165) is 27.6 Å². The summed E-state index contributed by atoms with van der Waals surface area (Å²) in [5.74, 6) is -3.10. The van der Waals surface area contributed by atoms with Crippen molar-refractivity contribution < 1.29 is 29.0 Å². The van der Waals surface area contributed by atoms with Gasteiger partial charge in [-0.1, -0.05) is 35.9 Å². The molecule has 11 nitrogen and oxygen atoms in total. The number of fused-ring (bicyclic) bond motifs is 1. The molecule has 222 valence electrons. The van der Waals surface area contributed by atoms with Crippen molar-refractivity contribution in [1.82, 2.24) is 24.9 Å². The van der Waals surface area contributed by atoms with Crippen LogP contribution in [0.25, 0.3) is 10.9 Å². The minimum atomic E-state index is -1.25. The average Bonchev–Trinajstić information content (AvgIpc) is 3.59. The van der Waals surface area contributed by atoms with Crippen molar-refractivity contribution in [3.63, 3.8) is 0 Å². The molecule has 3 aromatic rings. The summed E-state index contributed by atoms with van der Waals surface area (Å²) in [7, 11) is 3.08. The van der Waals surface area contributed by atoms with Crippen molar-refractivity contribution in [2.75, 3.05) is 20.2 Å². The molecule has 0 saturated carbocycles. The fourth-order valence-corrected chi connectivity index (χ4v) is 6.30. The van der Waals surface area contributed by atoms with Crippen LogP contribution >= 0.6 is 0 Å². The van der Waals surface area contributed by atoms with Crippen molar-refractivity contribution >= 4 is 34.8 Å². The number of aromatic nitrogens is 2. The number of aliphatic carboxylic acids is 1. The lowest BCUT2D eigenvalue weighted by molar-refractivity contribution is -0.154. The Balaban J connectivity index is 1.39. The maximum absolute atomic E-state index is 14.2. The molecule has 2 aliphatic heterocycles. The molecule has 4 atom stereocenters. The van der Waals surface area contributed by atoms with Gasteiger partial charge in [0, 0.05) is 32.1 Å². The van der Waals surface area contributed by atoms with Gasteiger partial charge in [0.05, 0.1) is 24.7 Å². The Morgan fingerprint density at radius 3 is 2.52 bits per heavy atom. The van der Waals surface area contributed by atoms with E-state index in [1.165, 1.54) is 16.9 Å². The third-order valence-electron chi connectivity index (χ3n) is 8.51. The van der Waals surface area contributed by atoms with E-state index >= 15 is 0 Å². The molecule has 0 spiro atoms. The smallest absolute Gasteiger partial charge is 0.410 e. The molecule has 11 heteroatoms. The van der Waals surface area contributed by atoms with Crippen LogP contribution in [0.3, 0.4) is 0 Å². The van der Waals surface area contributed by atoms with Crippen molar-refractivity contribution in [2.45, 2.75) is 51.2 Å². The molecule has 2 fully saturated rings. The molecule has 2 aromatic carbocycles. The van der Waals surface area contributed by atoms with Crippen molar-refractivity contribution in [3.05, 3.63) is 65.4 Å². The number of carbonyl (C=O) groups excluding carboxylic acids is 3. The number of ether oxygens (including phenoxy) is 1. The maximum Gasteiger partial charge on any atom is 0.410 e. The first kappa shape index (κ1) is 29.1. The molecule has 1 aromatic heterocycles. The fraction of sp³-hybridized carbons (Fsp3) is 0.452. The Kier molecular flexibility index (Phi) is 8.46. The van der Waals surface area contributed by atoms with E-state index in [4.69, 9.17) is 4.74 Å². The van der Waals surface area contributed by atoms with Crippen LogP contribution in [0.2, 0.25) is 0 Å². The van der Waals surface area contributed by atoms with Gasteiger partial charge in [-0.3, -0.25) is 24.0 Å². The van der Waals surface area contributed by atoms with Crippen LogP contribution in [0.4, 0.5) is 4.79 Å². The molecule has 42 heavy (non-hydrogen) atoms. The van der Waals surface area contributed by atoms with Gasteiger partial charge in [-0.25, -0.2) is 4.79 Å². The number of aryl methyl sites for hydroxylation is 2. The number of piperidine rings is 1. The molecule has 0 unspecified atom stereocenters. The topological polar surface area (TPSA) is 134 Å². The highest BCUT2D eigenvalue weighted by Crippen LogP contribution is 2.32. The maximum atomic E-state index is 14.2. The number of hydrogen-bond donors (Lipinski definition) is 2. The number of amides is 3. The van der Waals surface area contributed by atoms with E-state index in [1.54, 1.807) is 10.9 Å². The second kappa shape index (κ2) is 12.2. The van der Waals surface area contributed by atoms with Gasteiger partial charge >= 0.3 is 12.1 Å². The van der Waals surface area contributed by atoms with Crippen LogP contribution in [-0.4, -0.2) is 80.8 Å². The number of likely N-dealkylation sites (tertiary alicyclic amines) is 2. The summed E-state index contributed by atoms with van der Waals surface area (Å²) in [6, 6.07) is 12.0. The summed E-state index contributed by atoms with van der Waals surface area (Å²) >= 11 is 0. The Hall–Kier alpha value is -4.41. The molecule has 2 saturated heterocycles. The number of nitrogens with one attached hydrogen (secondary N) is 1. The highest BCUT2D eigenvalue weighted by Gasteiger charge is 2.49. The highest BCUT2D eigenvalue weighted by molar-refractivity contribution is 5.95. The first-order valence-electron chi connectivity index (χ1n) is 14.3. The summed E-state index contributed by atoms with van der Waals surface area (Å²) < 4.78 is 6.68. The minimum absolute atomic E-state index is 0.0161. The predicted octanol–water partition coefficient (Wildman–Crippen LogP) is 2.89. The molecule has 0 bridgehead atoms. The van der Waals surface area contributed by atoms with E-state index in [1.807, 2.05) is 56.4 Å². The predicted molar refractivity (Wildman–Crippen MR) is 154 cm³/mol. The van der Waals surface area contributed by atoms with Crippen LogP contribution in [0.5, 0.6) is 0 Å². The molecule has 0 aliphatic carbocycles. The van der Waals surface area contributed by atoms with E-state index in [2.05, 4.69) is 10.4 Å². The SMILES string of the molecule is COC(=O)N1CCC[C@H](C(=O)O)[C@@H]1C(=O)N1C[C@H](Cc2ccc(C)cc2)C[C@H]1C(=O)NCc1ccc2c(cnn2C)c1. The minimum Gasteiger partial charge on any atom is -0.481 e. The van der Waals surface area contributed by atoms with E-state index in [0.29, 0.717) is 19.3 Å². The van der Waals surface area contributed by atoms with Gasteiger partial charge < -0.3 is 20.1 Å². The number of nitrogens with zero attached hydrogens (tertiary/aromatic N) is 4. The third-order valence-corrected chi connectivity index (χ3v) is 8.51. The Labute approximate surface area is 244 Å². The van der Waals surface area contributed by atoms with Crippen molar-refractivity contribution in [1.29, 1.82) is 0 Å².